The van der Waals surface area contributed by atoms with Gasteiger partial charge in [-0.2, -0.15) is 5.10 Å². The SMILES string of the molecule is O=C(NC1=NNC(=O)/C1=C1/C=Cc2ccccc2N1)Nc1ccccc1. The van der Waals surface area contributed by atoms with E-state index in [4.69, 9.17) is 0 Å². The van der Waals surface area contributed by atoms with Gasteiger partial charge < -0.3 is 10.6 Å². The van der Waals surface area contributed by atoms with Gasteiger partial charge in [-0.25, -0.2) is 10.2 Å². The standard InChI is InChI=1S/C19H15N5O2/c25-18-16(15-11-10-12-6-4-5-9-14(12)21-15)17(23-24-18)22-19(26)20-13-7-2-1-3-8-13/h1-11,21H,(H,24,25)(H2,20,22,23,26)/b16-15-. The number of benzene rings is 2. The van der Waals surface area contributed by atoms with Crippen LogP contribution >= 0.6 is 0 Å². The zero-order valence-electron chi connectivity index (χ0n) is 13.6. The first kappa shape index (κ1) is 15.6. The molecule has 4 rings (SSSR count). The Balaban J connectivity index is 1.56. The van der Waals surface area contributed by atoms with Gasteiger partial charge in [-0.3, -0.25) is 10.1 Å². The van der Waals surface area contributed by atoms with Crippen LogP contribution in [-0.4, -0.2) is 17.8 Å². The average Bonchev–Trinajstić information content (AvgIpc) is 3.02. The third-order valence-corrected chi connectivity index (χ3v) is 3.93. The first-order chi connectivity index (χ1) is 12.7. The smallest absolute Gasteiger partial charge is 0.324 e. The molecule has 2 aliphatic rings. The van der Waals surface area contributed by atoms with Crippen LogP contribution in [0.15, 0.2) is 77.0 Å². The highest BCUT2D eigenvalue weighted by Gasteiger charge is 2.28. The van der Waals surface area contributed by atoms with E-state index in [1.807, 2.05) is 48.5 Å². The Labute approximate surface area is 149 Å². The molecule has 0 saturated heterocycles. The van der Waals surface area contributed by atoms with Crippen LogP contribution in [0.1, 0.15) is 5.56 Å². The van der Waals surface area contributed by atoms with E-state index in [1.165, 1.54) is 0 Å². The summed E-state index contributed by atoms with van der Waals surface area (Å²) in [6, 6.07) is 16.3. The van der Waals surface area contributed by atoms with Crippen LogP contribution in [0.2, 0.25) is 0 Å². The van der Waals surface area contributed by atoms with Crippen LogP contribution in [0.25, 0.3) is 6.08 Å². The number of amides is 3. The van der Waals surface area contributed by atoms with E-state index < -0.39 is 6.03 Å². The van der Waals surface area contributed by atoms with Gasteiger partial charge in [0.1, 0.15) is 5.57 Å². The number of hydrogen-bond acceptors (Lipinski definition) is 4. The van der Waals surface area contributed by atoms with Crippen molar-refractivity contribution in [1.82, 2.24) is 10.7 Å². The quantitative estimate of drug-likeness (QED) is 0.599. The molecule has 26 heavy (non-hydrogen) atoms. The van der Waals surface area contributed by atoms with Gasteiger partial charge in [-0.1, -0.05) is 42.5 Å². The molecule has 0 radical (unpaired) electrons. The molecule has 2 heterocycles. The number of fused-ring (bicyclic) bond motifs is 1. The van der Waals surface area contributed by atoms with Crippen molar-refractivity contribution < 1.29 is 9.59 Å². The first-order valence-electron chi connectivity index (χ1n) is 8.00. The Morgan fingerprint density at radius 1 is 0.923 bits per heavy atom. The maximum Gasteiger partial charge on any atom is 0.324 e. The average molecular weight is 345 g/mol. The maximum absolute atomic E-state index is 12.2. The molecule has 2 aromatic carbocycles. The van der Waals surface area contributed by atoms with E-state index in [0.717, 1.165) is 11.3 Å². The summed E-state index contributed by atoms with van der Waals surface area (Å²) in [6.07, 6.45) is 3.69. The fourth-order valence-corrected chi connectivity index (χ4v) is 2.72. The van der Waals surface area contributed by atoms with Crippen LogP contribution in [0.4, 0.5) is 16.2 Å². The third kappa shape index (κ3) is 3.05. The largest absolute Gasteiger partial charge is 0.354 e. The lowest BCUT2D eigenvalue weighted by Crippen LogP contribution is -2.36. The van der Waals surface area contributed by atoms with Crippen molar-refractivity contribution in [2.45, 2.75) is 0 Å². The number of urea groups is 1. The lowest BCUT2D eigenvalue weighted by Gasteiger charge is -2.17. The third-order valence-electron chi connectivity index (χ3n) is 3.93. The summed E-state index contributed by atoms with van der Waals surface area (Å²) in [7, 11) is 0. The molecule has 0 fully saturated rings. The van der Waals surface area contributed by atoms with Gasteiger partial charge in [-0.05, 0) is 29.8 Å². The lowest BCUT2D eigenvalue weighted by atomic mass is 10.0. The first-order valence-corrected chi connectivity index (χ1v) is 8.00. The molecule has 7 nitrogen and oxygen atoms in total. The second kappa shape index (κ2) is 6.56. The van der Waals surface area contributed by atoms with Gasteiger partial charge in [0.15, 0.2) is 5.84 Å². The topological polar surface area (TPSA) is 94.6 Å². The van der Waals surface area contributed by atoms with Crippen LogP contribution in [0, 0.1) is 0 Å². The molecule has 2 aromatic rings. The van der Waals surface area contributed by atoms with Crippen LogP contribution < -0.4 is 21.4 Å². The molecule has 0 atom stereocenters. The van der Waals surface area contributed by atoms with Gasteiger partial charge in [0.2, 0.25) is 0 Å². The van der Waals surface area contributed by atoms with Crippen molar-refractivity contribution in [3.8, 4) is 0 Å². The van der Waals surface area contributed by atoms with Crippen LogP contribution in [-0.2, 0) is 4.79 Å². The maximum atomic E-state index is 12.2. The fraction of sp³-hybridized carbons (Fsp3) is 0. The summed E-state index contributed by atoms with van der Waals surface area (Å²) < 4.78 is 0. The van der Waals surface area contributed by atoms with Crippen molar-refractivity contribution in [1.29, 1.82) is 0 Å². The molecule has 2 aliphatic heterocycles. The molecule has 128 valence electrons. The number of hydrogen-bond donors (Lipinski definition) is 4. The Morgan fingerprint density at radius 2 is 1.69 bits per heavy atom. The van der Waals surface area contributed by atoms with Crippen molar-refractivity contribution >= 4 is 35.2 Å². The van der Waals surface area contributed by atoms with Crippen LogP contribution in [0.3, 0.4) is 0 Å². The Morgan fingerprint density at radius 3 is 2.54 bits per heavy atom. The molecule has 0 spiro atoms. The Hall–Kier alpha value is -3.87. The van der Waals surface area contributed by atoms with Gasteiger partial charge in [0.25, 0.3) is 5.91 Å². The summed E-state index contributed by atoms with van der Waals surface area (Å²) in [4.78, 5) is 24.4. The van der Waals surface area contributed by atoms with Gasteiger partial charge in [-0.15, -0.1) is 0 Å². The van der Waals surface area contributed by atoms with Crippen molar-refractivity contribution in [2.75, 3.05) is 10.6 Å². The van der Waals surface area contributed by atoms with Gasteiger partial charge in [0.05, 0.1) is 5.70 Å². The van der Waals surface area contributed by atoms with E-state index in [1.54, 1.807) is 18.2 Å². The second-order valence-corrected chi connectivity index (χ2v) is 5.68. The van der Waals surface area contributed by atoms with Crippen molar-refractivity contribution in [3.63, 3.8) is 0 Å². The summed E-state index contributed by atoms with van der Waals surface area (Å²) in [5, 5.41) is 12.4. The zero-order valence-corrected chi connectivity index (χ0v) is 13.6. The molecule has 4 N–H and O–H groups in total. The number of para-hydroxylation sites is 2. The summed E-state index contributed by atoms with van der Waals surface area (Å²) in [5.41, 5.74) is 5.77. The molecule has 7 heteroatoms. The molecule has 0 unspecified atom stereocenters. The van der Waals surface area contributed by atoms with Crippen LogP contribution in [0.5, 0.6) is 0 Å². The number of carbonyl (C=O) groups excluding carboxylic acids is 2. The minimum absolute atomic E-state index is 0.162. The Kier molecular flexibility index (Phi) is 3.95. The number of nitrogens with zero attached hydrogens (tertiary/aromatic N) is 1. The van der Waals surface area contributed by atoms with E-state index in [0.29, 0.717) is 11.4 Å². The van der Waals surface area contributed by atoms with Crippen molar-refractivity contribution in [2.24, 2.45) is 5.10 Å². The minimum atomic E-state index is -0.482. The fourth-order valence-electron chi connectivity index (χ4n) is 2.72. The number of rotatable bonds is 1. The predicted molar refractivity (Wildman–Crippen MR) is 100 cm³/mol. The highest BCUT2D eigenvalue weighted by Crippen LogP contribution is 2.26. The van der Waals surface area contributed by atoms with E-state index in [9.17, 15) is 9.59 Å². The molecule has 0 aromatic heterocycles. The predicted octanol–water partition coefficient (Wildman–Crippen LogP) is 2.64. The molecular weight excluding hydrogens is 330 g/mol. The second-order valence-electron chi connectivity index (χ2n) is 5.68. The molecule has 0 bridgehead atoms. The van der Waals surface area contributed by atoms with Gasteiger partial charge in [0, 0.05) is 11.4 Å². The molecular formula is C19H15N5O2. The summed E-state index contributed by atoms with van der Waals surface area (Å²) in [5.74, 6) is -0.221. The van der Waals surface area contributed by atoms with E-state index in [-0.39, 0.29) is 17.3 Å². The molecule has 0 aliphatic carbocycles. The number of hydrazone groups is 1. The number of nitrogens with one attached hydrogen (secondary N) is 4. The highest BCUT2D eigenvalue weighted by atomic mass is 16.2. The minimum Gasteiger partial charge on any atom is -0.354 e. The normalized spacial score (nSPS) is 17.7. The van der Waals surface area contributed by atoms with Gasteiger partial charge >= 0.3 is 6.03 Å². The van der Waals surface area contributed by atoms with Crippen molar-refractivity contribution in [3.05, 3.63) is 77.5 Å². The zero-order chi connectivity index (χ0) is 17.9. The number of anilines is 2. The lowest BCUT2D eigenvalue weighted by molar-refractivity contribution is -0.116. The van der Waals surface area contributed by atoms with E-state index in [2.05, 4.69) is 26.5 Å². The summed E-state index contributed by atoms with van der Waals surface area (Å²) in [6.45, 7) is 0. The number of carbonyl (C=O) groups is 2. The molecule has 3 amide bonds. The summed E-state index contributed by atoms with van der Waals surface area (Å²) >= 11 is 0. The number of allylic oxidation sites excluding steroid dienone is 1. The highest BCUT2D eigenvalue weighted by molar-refractivity contribution is 6.28. The Bertz CT molecular complexity index is 976. The monoisotopic (exact) mass is 345 g/mol. The molecule has 0 saturated carbocycles. The van der Waals surface area contributed by atoms with E-state index >= 15 is 0 Å². The number of amidine groups is 1.